The molecule has 1 aliphatic carbocycles. The summed E-state index contributed by atoms with van der Waals surface area (Å²) in [4.78, 5) is 24.1. The second-order valence-electron chi connectivity index (χ2n) is 4.93. The molecule has 108 valence electrons. The summed E-state index contributed by atoms with van der Waals surface area (Å²) in [5.41, 5.74) is 1.06. The Balaban J connectivity index is 1.69. The van der Waals surface area contributed by atoms with Gasteiger partial charge in [0, 0.05) is 6.04 Å². The highest BCUT2D eigenvalue weighted by Crippen LogP contribution is 2.27. The zero-order valence-electron chi connectivity index (χ0n) is 11.3. The number of hydrogen-bond donors (Lipinski definition) is 1. The van der Waals surface area contributed by atoms with E-state index in [-0.39, 0.29) is 24.9 Å². The third-order valence-electron chi connectivity index (χ3n) is 3.19. The lowest BCUT2D eigenvalue weighted by Gasteiger charge is -2.20. The Bertz CT molecular complexity index is 456. The first-order valence-corrected chi connectivity index (χ1v) is 6.80. The number of carboxylic acids is 1. The van der Waals surface area contributed by atoms with Crippen LogP contribution >= 0.6 is 0 Å². The van der Waals surface area contributed by atoms with Gasteiger partial charge in [0.05, 0.1) is 19.6 Å². The third-order valence-corrected chi connectivity index (χ3v) is 3.19. The van der Waals surface area contributed by atoms with E-state index in [9.17, 15) is 9.59 Å². The summed E-state index contributed by atoms with van der Waals surface area (Å²) < 4.78 is 5.45. The van der Waals surface area contributed by atoms with Gasteiger partial charge in [-0.05, 0) is 18.4 Å². The van der Waals surface area contributed by atoms with Crippen molar-refractivity contribution in [1.82, 2.24) is 4.90 Å². The van der Waals surface area contributed by atoms with Crippen LogP contribution in [0.1, 0.15) is 24.8 Å². The van der Waals surface area contributed by atoms with Crippen LogP contribution in [0.15, 0.2) is 30.3 Å². The predicted molar refractivity (Wildman–Crippen MR) is 73.1 cm³/mol. The molecule has 1 fully saturated rings. The average Bonchev–Trinajstić information content (AvgIpc) is 3.26. The normalized spacial score (nSPS) is 14.0. The van der Waals surface area contributed by atoms with E-state index >= 15 is 0 Å². The van der Waals surface area contributed by atoms with Crippen molar-refractivity contribution in [3.8, 4) is 0 Å². The highest BCUT2D eigenvalue weighted by atomic mass is 16.5. The van der Waals surface area contributed by atoms with Crippen molar-refractivity contribution >= 4 is 11.9 Å². The zero-order valence-corrected chi connectivity index (χ0v) is 11.3. The Labute approximate surface area is 118 Å². The first-order valence-electron chi connectivity index (χ1n) is 6.80. The maximum atomic E-state index is 12.0. The molecular formula is C15H19NO4. The predicted octanol–water partition coefficient (Wildman–Crippen LogP) is 1.67. The van der Waals surface area contributed by atoms with Crippen LogP contribution in [0.4, 0.5) is 0 Å². The summed E-state index contributed by atoms with van der Waals surface area (Å²) in [6.45, 7) is 0.579. The lowest BCUT2D eigenvalue weighted by molar-refractivity contribution is -0.145. The molecule has 1 aromatic rings. The maximum absolute atomic E-state index is 12.0. The number of ether oxygens (including phenoxy) is 1. The standard InChI is InChI=1S/C15H19NO4/c17-14(16(10-15(18)19)13-6-7-13)8-9-20-11-12-4-2-1-3-5-12/h1-5,13H,6-11H2,(H,18,19). The van der Waals surface area contributed by atoms with Gasteiger partial charge in [-0.2, -0.15) is 0 Å². The number of carboxylic acid groups (broad SMARTS) is 1. The summed E-state index contributed by atoms with van der Waals surface area (Å²) in [7, 11) is 0. The molecule has 1 N–H and O–H groups in total. The van der Waals surface area contributed by atoms with Gasteiger partial charge in [0.25, 0.3) is 0 Å². The Kier molecular flexibility index (Phi) is 5.12. The molecule has 0 spiro atoms. The van der Waals surface area contributed by atoms with Crippen molar-refractivity contribution in [1.29, 1.82) is 0 Å². The molecular weight excluding hydrogens is 258 g/mol. The van der Waals surface area contributed by atoms with Crippen molar-refractivity contribution in [2.24, 2.45) is 0 Å². The average molecular weight is 277 g/mol. The molecule has 0 bridgehead atoms. The van der Waals surface area contributed by atoms with E-state index < -0.39 is 5.97 Å². The Morgan fingerprint density at radius 1 is 1.25 bits per heavy atom. The number of benzene rings is 1. The Hall–Kier alpha value is -1.88. The third kappa shape index (κ3) is 4.66. The molecule has 0 aliphatic heterocycles. The van der Waals surface area contributed by atoms with Gasteiger partial charge in [-0.3, -0.25) is 9.59 Å². The Morgan fingerprint density at radius 3 is 2.55 bits per heavy atom. The molecule has 0 heterocycles. The highest BCUT2D eigenvalue weighted by molar-refractivity contribution is 5.82. The smallest absolute Gasteiger partial charge is 0.323 e. The van der Waals surface area contributed by atoms with Crippen LogP contribution in [0.3, 0.4) is 0 Å². The van der Waals surface area contributed by atoms with Crippen LogP contribution in [0, 0.1) is 0 Å². The molecule has 0 saturated heterocycles. The van der Waals surface area contributed by atoms with Gasteiger partial charge >= 0.3 is 5.97 Å². The van der Waals surface area contributed by atoms with Gasteiger partial charge < -0.3 is 14.7 Å². The van der Waals surface area contributed by atoms with E-state index in [0.717, 1.165) is 18.4 Å². The molecule has 20 heavy (non-hydrogen) atoms. The van der Waals surface area contributed by atoms with Crippen LogP contribution in [0.25, 0.3) is 0 Å². The van der Waals surface area contributed by atoms with Crippen LogP contribution in [-0.4, -0.2) is 41.1 Å². The zero-order chi connectivity index (χ0) is 14.4. The van der Waals surface area contributed by atoms with Crippen LogP contribution in [0.5, 0.6) is 0 Å². The molecule has 2 rings (SSSR count). The largest absolute Gasteiger partial charge is 0.480 e. The van der Waals surface area contributed by atoms with Gasteiger partial charge in [-0.1, -0.05) is 30.3 Å². The van der Waals surface area contributed by atoms with Crippen molar-refractivity contribution in [3.05, 3.63) is 35.9 Å². The van der Waals surface area contributed by atoms with E-state index in [2.05, 4.69) is 0 Å². The summed E-state index contributed by atoms with van der Waals surface area (Å²) in [5, 5.41) is 8.80. The highest BCUT2D eigenvalue weighted by Gasteiger charge is 2.33. The SMILES string of the molecule is O=C(O)CN(C(=O)CCOCc1ccccc1)C1CC1. The molecule has 1 saturated carbocycles. The van der Waals surface area contributed by atoms with Crippen molar-refractivity contribution in [2.45, 2.75) is 31.9 Å². The minimum atomic E-state index is -0.963. The van der Waals surface area contributed by atoms with E-state index in [1.54, 1.807) is 0 Å². The molecule has 0 aromatic heterocycles. The summed E-state index contributed by atoms with van der Waals surface area (Å²) in [6.07, 6.45) is 2.05. The minimum absolute atomic E-state index is 0.118. The lowest BCUT2D eigenvalue weighted by atomic mass is 10.2. The number of hydrogen-bond acceptors (Lipinski definition) is 3. The second kappa shape index (κ2) is 7.05. The summed E-state index contributed by atoms with van der Waals surface area (Å²) in [6, 6.07) is 9.85. The molecule has 1 aromatic carbocycles. The van der Waals surface area contributed by atoms with Gasteiger partial charge in [-0.25, -0.2) is 0 Å². The van der Waals surface area contributed by atoms with E-state index in [4.69, 9.17) is 9.84 Å². The molecule has 1 aliphatic rings. The van der Waals surface area contributed by atoms with Crippen molar-refractivity contribution in [3.63, 3.8) is 0 Å². The van der Waals surface area contributed by atoms with E-state index in [1.807, 2.05) is 30.3 Å². The molecule has 5 nitrogen and oxygen atoms in total. The molecule has 5 heteroatoms. The summed E-state index contributed by atoms with van der Waals surface area (Å²) in [5.74, 6) is -1.10. The van der Waals surface area contributed by atoms with E-state index in [0.29, 0.717) is 13.2 Å². The van der Waals surface area contributed by atoms with Gasteiger partial charge in [-0.15, -0.1) is 0 Å². The van der Waals surface area contributed by atoms with Gasteiger partial charge in [0.2, 0.25) is 5.91 Å². The van der Waals surface area contributed by atoms with Gasteiger partial charge in [0.1, 0.15) is 6.54 Å². The fourth-order valence-electron chi connectivity index (χ4n) is 2.02. The fraction of sp³-hybridized carbons (Fsp3) is 0.467. The van der Waals surface area contributed by atoms with Crippen molar-refractivity contribution in [2.75, 3.05) is 13.2 Å². The van der Waals surface area contributed by atoms with Crippen LogP contribution < -0.4 is 0 Å². The van der Waals surface area contributed by atoms with E-state index in [1.165, 1.54) is 4.90 Å². The fourth-order valence-corrected chi connectivity index (χ4v) is 2.02. The number of nitrogens with zero attached hydrogens (tertiary/aromatic N) is 1. The lowest BCUT2D eigenvalue weighted by Crippen LogP contribution is -2.37. The van der Waals surface area contributed by atoms with Crippen molar-refractivity contribution < 1.29 is 19.4 Å². The first kappa shape index (κ1) is 14.5. The number of aliphatic carboxylic acids is 1. The van der Waals surface area contributed by atoms with Crippen LogP contribution in [0.2, 0.25) is 0 Å². The topological polar surface area (TPSA) is 66.8 Å². The number of rotatable bonds is 8. The Morgan fingerprint density at radius 2 is 1.95 bits per heavy atom. The molecule has 0 unspecified atom stereocenters. The molecule has 0 radical (unpaired) electrons. The molecule has 0 atom stereocenters. The van der Waals surface area contributed by atoms with Gasteiger partial charge in [0.15, 0.2) is 0 Å². The number of carbonyl (C=O) groups is 2. The molecule has 1 amide bonds. The maximum Gasteiger partial charge on any atom is 0.323 e. The second-order valence-corrected chi connectivity index (χ2v) is 4.93. The first-order chi connectivity index (χ1) is 9.66. The number of amides is 1. The number of carbonyl (C=O) groups excluding carboxylic acids is 1. The summed E-state index contributed by atoms with van der Waals surface area (Å²) >= 11 is 0. The monoisotopic (exact) mass is 277 g/mol. The minimum Gasteiger partial charge on any atom is -0.480 e. The van der Waals surface area contributed by atoms with Crippen LogP contribution in [-0.2, 0) is 20.9 Å². The quantitative estimate of drug-likeness (QED) is 0.734.